The summed E-state index contributed by atoms with van der Waals surface area (Å²) in [4.78, 5) is 0. The molecule has 2 N–H and O–H groups in total. The molecular weight excluding hydrogens is 222 g/mol. The van der Waals surface area contributed by atoms with Gasteiger partial charge in [0.25, 0.3) is 0 Å². The van der Waals surface area contributed by atoms with Gasteiger partial charge in [-0.25, -0.2) is 0 Å². The van der Waals surface area contributed by atoms with Crippen LogP contribution in [0.4, 0.5) is 0 Å². The number of aliphatic hydroxyl groups is 1. The first-order valence-corrected chi connectivity index (χ1v) is 6.36. The summed E-state index contributed by atoms with van der Waals surface area (Å²) in [6.07, 6.45) is 0. The van der Waals surface area contributed by atoms with E-state index in [1.807, 2.05) is 6.92 Å². The smallest absolute Gasteiger partial charge is 0.0591 e. The predicted octanol–water partition coefficient (Wildman–Crippen LogP) is 2.73. The summed E-state index contributed by atoms with van der Waals surface area (Å²) in [7, 11) is 0. The first-order chi connectivity index (χ1) is 8.81. The van der Waals surface area contributed by atoms with E-state index in [9.17, 15) is 5.11 Å². The maximum atomic E-state index is 9.23. The summed E-state index contributed by atoms with van der Waals surface area (Å²) in [6, 6.07) is 17.2. The maximum absolute atomic E-state index is 9.23. The highest BCUT2D eigenvalue weighted by atomic mass is 16.3. The molecule has 3 rings (SSSR count). The summed E-state index contributed by atoms with van der Waals surface area (Å²) in [5.41, 5.74) is 5.21. The van der Waals surface area contributed by atoms with Gasteiger partial charge in [0.1, 0.15) is 0 Å². The van der Waals surface area contributed by atoms with Crippen LogP contribution in [-0.4, -0.2) is 17.8 Å². The first-order valence-electron chi connectivity index (χ1n) is 6.36. The van der Waals surface area contributed by atoms with Crippen LogP contribution in [0, 0.1) is 0 Å². The highest BCUT2D eigenvalue weighted by Crippen LogP contribution is 2.43. The fourth-order valence-electron chi connectivity index (χ4n) is 2.67. The highest BCUT2D eigenvalue weighted by molar-refractivity contribution is 5.78. The lowest BCUT2D eigenvalue weighted by atomic mass is 10.0. The summed E-state index contributed by atoms with van der Waals surface area (Å²) in [5.74, 6) is 0. The van der Waals surface area contributed by atoms with Gasteiger partial charge < -0.3 is 10.4 Å². The van der Waals surface area contributed by atoms with Crippen molar-refractivity contribution in [3.8, 4) is 11.1 Å². The van der Waals surface area contributed by atoms with Crippen LogP contribution in [0.25, 0.3) is 11.1 Å². The minimum atomic E-state index is 0.0919. The van der Waals surface area contributed by atoms with Gasteiger partial charge in [0.15, 0.2) is 0 Å². The van der Waals surface area contributed by atoms with E-state index >= 15 is 0 Å². The number of hydrogen-bond donors (Lipinski definition) is 2. The molecule has 1 aliphatic carbocycles. The second-order valence-corrected chi connectivity index (χ2v) is 4.86. The second-order valence-electron chi connectivity index (χ2n) is 4.86. The Morgan fingerprint density at radius 1 is 1.00 bits per heavy atom. The van der Waals surface area contributed by atoms with Crippen molar-refractivity contribution in [2.75, 3.05) is 6.61 Å². The third-order valence-corrected chi connectivity index (χ3v) is 3.56. The summed E-state index contributed by atoms with van der Waals surface area (Å²) in [6.45, 7) is 2.16. The van der Waals surface area contributed by atoms with Gasteiger partial charge in [0.05, 0.1) is 12.6 Å². The lowest BCUT2D eigenvalue weighted by Crippen LogP contribution is -2.32. The molecule has 2 aromatic carbocycles. The Hall–Kier alpha value is -1.64. The summed E-state index contributed by atoms with van der Waals surface area (Å²) >= 11 is 0. The third-order valence-electron chi connectivity index (χ3n) is 3.56. The van der Waals surface area contributed by atoms with Gasteiger partial charge in [-0.2, -0.15) is 0 Å². The van der Waals surface area contributed by atoms with Crippen LogP contribution in [0.5, 0.6) is 0 Å². The molecule has 2 nitrogen and oxygen atoms in total. The molecule has 1 unspecified atom stereocenters. The summed E-state index contributed by atoms with van der Waals surface area (Å²) in [5, 5.41) is 12.7. The Labute approximate surface area is 107 Å². The second kappa shape index (κ2) is 4.56. The average molecular weight is 239 g/mol. The molecule has 1 atom stereocenters. The molecule has 0 fully saturated rings. The van der Waals surface area contributed by atoms with E-state index in [4.69, 9.17) is 0 Å². The maximum Gasteiger partial charge on any atom is 0.0591 e. The van der Waals surface area contributed by atoms with E-state index in [1.165, 1.54) is 22.3 Å². The van der Waals surface area contributed by atoms with Crippen LogP contribution in [0.2, 0.25) is 0 Å². The Balaban J connectivity index is 2.09. The van der Waals surface area contributed by atoms with Gasteiger partial charge >= 0.3 is 0 Å². The molecule has 18 heavy (non-hydrogen) atoms. The monoisotopic (exact) mass is 239 g/mol. The van der Waals surface area contributed by atoms with Crippen molar-refractivity contribution in [1.82, 2.24) is 5.32 Å². The SMILES string of the molecule is CC(CO)NC1c2ccccc2-c2ccccc21. The number of fused-ring (bicyclic) bond motifs is 3. The number of nitrogens with one attached hydrogen (secondary N) is 1. The number of hydrogen-bond acceptors (Lipinski definition) is 2. The van der Waals surface area contributed by atoms with Crippen LogP contribution in [0.1, 0.15) is 24.1 Å². The van der Waals surface area contributed by atoms with Gasteiger partial charge in [-0.3, -0.25) is 0 Å². The number of aliphatic hydroxyl groups excluding tert-OH is 1. The zero-order chi connectivity index (χ0) is 12.5. The molecule has 0 radical (unpaired) electrons. The van der Waals surface area contributed by atoms with Crippen LogP contribution in [0.15, 0.2) is 48.5 Å². The van der Waals surface area contributed by atoms with E-state index in [-0.39, 0.29) is 18.7 Å². The van der Waals surface area contributed by atoms with Gasteiger partial charge in [0, 0.05) is 6.04 Å². The topological polar surface area (TPSA) is 32.3 Å². The normalized spacial score (nSPS) is 15.2. The molecule has 2 aromatic rings. The minimum absolute atomic E-state index is 0.0919. The Bertz CT molecular complexity index is 519. The minimum Gasteiger partial charge on any atom is -0.395 e. The van der Waals surface area contributed by atoms with E-state index in [0.717, 1.165) is 0 Å². The van der Waals surface area contributed by atoms with Crippen molar-refractivity contribution in [1.29, 1.82) is 0 Å². The van der Waals surface area contributed by atoms with E-state index in [1.54, 1.807) is 0 Å². The van der Waals surface area contributed by atoms with Crippen molar-refractivity contribution < 1.29 is 5.11 Å². The van der Waals surface area contributed by atoms with Crippen LogP contribution in [0.3, 0.4) is 0 Å². The molecule has 0 aliphatic heterocycles. The zero-order valence-electron chi connectivity index (χ0n) is 10.4. The molecule has 0 spiro atoms. The molecule has 0 aromatic heterocycles. The lowest BCUT2D eigenvalue weighted by Gasteiger charge is -2.20. The van der Waals surface area contributed by atoms with Crippen molar-refractivity contribution in [3.63, 3.8) is 0 Å². The van der Waals surface area contributed by atoms with Crippen molar-refractivity contribution in [2.24, 2.45) is 0 Å². The molecule has 0 heterocycles. The third kappa shape index (κ3) is 1.74. The molecule has 1 aliphatic rings. The molecule has 0 saturated carbocycles. The van der Waals surface area contributed by atoms with Crippen molar-refractivity contribution >= 4 is 0 Å². The van der Waals surface area contributed by atoms with Crippen LogP contribution < -0.4 is 5.32 Å². The molecule has 0 saturated heterocycles. The quantitative estimate of drug-likeness (QED) is 0.863. The van der Waals surface area contributed by atoms with Crippen LogP contribution >= 0.6 is 0 Å². The van der Waals surface area contributed by atoms with Crippen molar-refractivity contribution in [3.05, 3.63) is 59.7 Å². The Morgan fingerprint density at radius 2 is 1.50 bits per heavy atom. The molecule has 0 bridgehead atoms. The van der Waals surface area contributed by atoms with Gasteiger partial charge in [-0.15, -0.1) is 0 Å². The van der Waals surface area contributed by atoms with E-state index in [0.29, 0.717) is 0 Å². The number of rotatable bonds is 3. The lowest BCUT2D eigenvalue weighted by molar-refractivity contribution is 0.246. The van der Waals surface area contributed by atoms with E-state index in [2.05, 4.69) is 53.8 Å². The standard InChI is InChI=1S/C16H17NO/c1-11(10-18)17-16-14-8-4-2-6-12(14)13-7-3-5-9-15(13)16/h2-9,11,16-18H,10H2,1H3. The highest BCUT2D eigenvalue weighted by Gasteiger charge is 2.28. The molecule has 92 valence electrons. The fourth-order valence-corrected chi connectivity index (χ4v) is 2.67. The fraction of sp³-hybridized carbons (Fsp3) is 0.250. The van der Waals surface area contributed by atoms with Crippen molar-refractivity contribution in [2.45, 2.75) is 19.0 Å². The molecule has 2 heteroatoms. The average Bonchev–Trinajstić information content (AvgIpc) is 2.74. The van der Waals surface area contributed by atoms with E-state index < -0.39 is 0 Å². The van der Waals surface area contributed by atoms with Gasteiger partial charge in [-0.05, 0) is 29.2 Å². The Kier molecular flexibility index (Phi) is 2.90. The molecule has 0 amide bonds. The van der Waals surface area contributed by atoms with Crippen LogP contribution in [-0.2, 0) is 0 Å². The largest absolute Gasteiger partial charge is 0.395 e. The predicted molar refractivity (Wildman–Crippen MR) is 73.4 cm³/mol. The summed E-state index contributed by atoms with van der Waals surface area (Å²) < 4.78 is 0. The number of benzene rings is 2. The van der Waals surface area contributed by atoms with Gasteiger partial charge in [-0.1, -0.05) is 48.5 Å². The Morgan fingerprint density at radius 3 is 2.00 bits per heavy atom. The zero-order valence-corrected chi connectivity index (χ0v) is 10.4. The molecular formula is C16H17NO. The van der Waals surface area contributed by atoms with Gasteiger partial charge in [0.2, 0.25) is 0 Å². The first kappa shape index (κ1) is 11.5.